The van der Waals surface area contributed by atoms with E-state index in [-0.39, 0.29) is 0 Å². The van der Waals surface area contributed by atoms with Crippen LogP contribution < -0.4 is 5.32 Å². The lowest BCUT2D eigenvalue weighted by Crippen LogP contribution is -2.34. The zero-order valence-electron chi connectivity index (χ0n) is 13.4. The van der Waals surface area contributed by atoms with Gasteiger partial charge in [0.2, 0.25) is 0 Å². The van der Waals surface area contributed by atoms with E-state index < -0.39 is 0 Å². The van der Waals surface area contributed by atoms with Crippen LogP contribution in [0.2, 0.25) is 0 Å². The SMILES string of the molecule is CCCCCCCCCCC(NCCC)C(C)C. The van der Waals surface area contributed by atoms with Crippen LogP contribution in [0.15, 0.2) is 0 Å². The lowest BCUT2D eigenvalue weighted by atomic mass is 9.97. The Morgan fingerprint density at radius 1 is 0.722 bits per heavy atom. The molecule has 1 nitrogen and oxygen atoms in total. The maximum atomic E-state index is 3.69. The van der Waals surface area contributed by atoms with E-state index in [0.717, 1.165) is 12.0 Å². The van der Waals surface area contributed by atoms with Gasteiger partial charge in [0.05, 0.1) is 0 Å². The van der Waals surface area contributed by atoms with E-state index in [1.165, 1.54) is 70.8 Å². The first-order chi connectivity index (χ1) is 8.72. The molecule has 0 heterocycles. The fourth-order valence-electron chi connectivity index (χ4n) is 2.50. The average molecular weight is 255 g/mol. The first-order valence-corrected chi connectivity index (χ1v) is 8.45. The highest BCUT2D eigenvalue weighted by atomic mass is 14.9. The van der Waals surface area contributed by atoms with Gasteiger partial charge in [-0.05, 0) is 25.3 Å². The van der Waals surface area contributed by atoms with Crippen LogP contribution in [0.4, 0.5) is 0 Å². The van der Waals surface area contributed by atoms with Crippen molar-refractivity contribution in [1.82, 2.24) is 5.32 Å². The van der Waals surface area contributed by atoms with Crippen molar-refractivity contribution >= 4 is 0 Å². The molecule has 0 amide bonds. The molecular formula is C17H37N. The van der Waals surface area contributed by atoms with Crippen molar-refractivity contribution in [2.75, 3.05) is 6.54 Å². The Labute approximate surface area is 116 Å². The number of hydrogen-bond donors (Lipinski definition) is 1. The summed E-state index contributed by atoms with van der Waals surface area (Å²) in [6.07, 6.45) is 14.1. The maximum absolute atomic E-state index is 3.69. The summed E-state index contributed by atoms with van der Waals surface area (Å²) in [4.78, 5) is 0. The third kappa shape index (κ3) is 11.1. The predicted octanol–water partition coefficient (Wildman–Crippen LogP) is 5.54. The quantitative estimate of drug-likeness (QED) is 0.426. The predicted molar refractivity (Wildman–Crippen MR) is 84.1 cm³/mol. The third-order valence-electron chi connectivity index (χ3n) is 3.83. The highest BCUT2D eigenvalue weighted by Crippen LogP contribution is 2.14. The van der Waals surface area contributed by atoms with Crippen molar-refractivity contribution in [3.8, 4) is 0 Å². The van der Waals surface area contributed by atoms with Gasteiger partial charge < -0.3 is 5.32 Å². The van der Waals surface area contributed by atoms with Crippen molar-refractivity contribution in [2.24, 2.45) is 5.92 Å². The Balaban J connectivity index is 3.37. The molecule has 0 aromatic carbocycles. The third-order valence-corrected chi connectivity index (χ3v) is 3.83. The van der Waals surface area contributed by atoms with E-state index in [9.17, 15) is 0 Å². The van der Waals surface area contributed by atoms with Crippen LogP contribution in [0.1, 0.15) is 91.9 Å². The van der Waals surface area contributed by atoms with Crippen LogP contribution >= 0.6 is 0 Å². The zero-order valence-corrected chi connectivity index (χ0v) is 13.4. The molecule has 0 aromatic heterocycles. The summed E-state index contributed by atoms with van der Waals surface area (Å²) in [6, 6.07) is 0.741. The molecule has 1 unspecified atom stereocenters. The van der Waals surface area contributed by atoms with Crippen LogP contribution in [-0.4, -0.2) is 12.6 Å². The van der Waals surface area contributed by atoms with Gasteiger partial charge in [-0.1, -0.05) is 79.1 Å². The number of unbranched alkanes of at least 4 members (excludes halogenated alkanes) is 7. The molecule has 0 fully saturated rings. The van der Waals surface area contributed by atoms with Crippen molar-refractivity contribution in [1.29, 1.82) is 0 Å². The molecule has 0 saturated heterocycles. The van der Waals surface area contributed by atoms with Gasteiger partial charge in [-0.2, -0.15) is 0 Å². The summed E-state index contributed by atoms with van der Waals surface area (Å²) >= 11 is 0. The second-order valence-electron chi connectivity index (χ2n) is 6.07. The van der Waals surface area contributed by atoms with Crippen LogP contribution in [0, 0.1) is 5.92 Å². The molecule has 18 heavy (non-hydrogen) atoms. The van der Waals surface area contributed by atoms with E-state index in [0.29, 0.717) is 0 Å². The van der Waals surface area contributed by atoms with Crippen molar-refractivity contribution < 1.29 is 0 Å². The first-order valence-electron chi connectivity index (χ1n) is 8.45. The van der Waals surface area contributed by atoms with E-state index >= 15 is 0 Å². The maximum Gasteiger partial charge on any atom is 0.00900 e. The minimum absolute atomic E-state index is 0.741. The topological polar surface area (TPSA) is 12.0 Å². The average Bonchev–Trinajstić information content (AvgIpc) is 2.35. The van der Waals surface area contributed by atoms with E-state index in [1.807, 2.05) is 0 Å². The summed E-state index contributed by atoms with van der Waals surface area (Å²) in [7, 11) is 0. The molecule has 0 aliphatic carbocycles. The Bertz CT molecular complexity index is 154. The Morgan fingerprint density at radius 2 is 1.28 bits per heavy atom. The molecular weight excluding hydrogens is 218 g/mol. The lowest BCUT2D eigenvalue weighted by molar-refractivity contribution is 0.364. The summed E-state index contributed by atoms with van der Waals surface area (Å²) in [5.74, 6) is 0.779. The molecule has 0 radical (unpaired) electrons. The molecule has 1 N–H and O–H groups in total. The van der Waals surface area contributed by atoms with Gasteiger partial charge in [0.25, 0.3) is 0 Å². The standard InChI is InChI=1S/C17H37N/c1-5-7-8-9-10-11-12-13-14-17(16(3)4)18-15-6-2/h16-18H,5-15H2,1-4H3. The van der Waals surface area contributed by atoms with Gasteiger partial charge in [-0.3, -0.25) is 0 Å². The second kappa shape index (κ2) is 13.4. The van der Waals surface area contributed by atoms with Crippen LogP contribution in [0.3, 0.4) is 0 Å². The smallest absolute Gasteiger partial charge is 0.00900 e. The van der Waals surface area contributed by atoms with E-state index in [2.05, 4.69) is 33.0 Å². The molecule has 0 rings (SSSR count). The summed E-state index contributed by atoms with van der Waals surface area (Å²) in [5.41, 5.74) is 0. The summed E-state index contributed by atoms with van der Waals surface area (Å²) in [5, 5.41) is 3.69. The zero-order chi connectivity index (χ0) is 13.6. The minimum Gasteiger partial charge on any atom is -0.314 e. The van der Waals surface area contributed by atoms with Gasteiger partial charge in [-0.15, -0.1) is 0 Å². The molecule has 0 aromatic rings. The van der Waals surface area contributed by atoms with E-state index in [4.69, 9.17) is 0 Å². The highest BCUT2D eigenvalue weighted by Gasteiger charge is 2.11. The largest absolute Gasteiger partial charge is 0.314 e. The molecule has 1 heteroatoms. The fraction of sp³-hybridized carbons (Fsp3) is 1.00. The molecule has 0 bridgehead atoms. The van der Waals surface area contributed by atoms with Gasteiger partial charge in [0.15, 0.2) is 0 Å². The van der Waals surface area contributed by atoms with Crippen LogP contribution in [0.5, 0.6) is 0 Å². The molecule has 110 valence electrons. The first kappa shape index (κ1) is 18.0. The highest BCUT2D eigenvalue weighted by molar-refractivity contribution is 4.70. The molecule has 1 atom stereocenters. The van der Waals surface area contributed by atoms with Crippen molar-refractivity contribution in [3.63, 3.8) is 0 Å². The normalized spacial score (nSPS) is 13.2. The summed E-state index contributed by atoms with van der Waals surface area (Å²) in [6.45, 7) is 10.4. The monoisotopic (exact) mass is 255 g/mol. The van der Waals surface area contributed by atoms with E-state index in [1.54, 1.807) is 0 Å². The number of nitrogens with one attached hydrogen (secondary N) is 1. The fourth-order valence-corrected chi connectivity index (χ4v) is 2.50. The minimum atomic E-state index is 0.741. The molecule has 0 aliphatic heterocycles. The molecule has 0 saturated carbocycles. The van der Waals surface area contributed by atoms with Crippen LogP contribution in [-0.2, 0) is 0 Å². The number of hydrogen-bond acceptors (Lipinski definition) is 1. The Hall–Kier alpha value is -0.0400. The Kier molecular flexibility index (Phi) is 13.4. The Morgan fingerprint density at radius 3 is 1.78 bits per heavy atom. The van der Waals surface area contributed by atoms with Gasteiger partial charge >= 0.3 is 0 Å². The van der Waals surface area contributed by atoms with Gasteiger partial charge in [0.1, 0.15) is 0 Å². The second-order valence-corrected chi connectivity index (χ2v) is 6.07. The lowest BCUT2D eigenvalue weighted by Gasteiger charge is -2.22. The van der Waals surface area contributed by atoms with Gasteiger partial charge in [0, 0.05) is 6.04 Å². The summed E-state index contributed by atoms with van der Waals surface area (Å²) < 4.78 is 0. The number of rotatable bonds is 13. The molecule has 0 aliphatic rings. The van der Waals surface area contributed by atoms with Crippen LogP contribution in [0.25, 0.3) is 0 Å². The van der Waals surface area contributed by atoms with Crippen molar-refractivity contribution in [3.05, 3.63) is 0 Å². The van der Waals surface area contributed by atoms with Gasteiger partial charge in [-0.25, -0.2) is 0 Å². The van der Waals surface area contributed by atoms with Crippen molar-refractivity contribution in [2.45, 2.75) is 97.9 Å². The molecule has 0 spiro atoms.